The molecular weight excluding hydrogens is 295 g/mol. The number of nitrogens with one attached hydrogen (secondary N) is 1. The van der Waals surface area contributed by atoms with Crippen molar-refractivity contribution in [3.8, 4) is 0 Å². The number of carbonyl (C=O) groups excluding carboxylic acids is 1. The second-order valence-corrected chi connectivity index (χ2v) is 7.02. The van der Waals surface area contributed by atoms with Crippen molar-refractivity contribution in [3.05, 3.63) is 12.2 Å². The molecule has 0 fully saturated rings. The van der Waals surface area contributed by atoms with E-state index in [4.69, 9.17) is 9.15 Å². The zero-order valence-corrected chi connectivity index (χ0v) is 14.3. The van der Waals surface area contributed by atoms with Crippen LogP contribution in [0, 0.1) is 0 Å². The van der Waals surface area contributed by atoms with Crippen LogP contribution in [0.15, 0.2) is 12.2 Å². The average Bonchev–Trinajstić information content (AvgIpc) is 2.28. The molecule has 8 heteroatoms. The van der Waals surface area contributed by atoms with Crippen LogP contribution in [0.2, 0.25) is 0 Å². The standard InChI is InChI=1S/C13H27N2O5P/c1-12(2)13(16)14-10-8-6-7-9-11-19-21(17,18)20-15(3,4)5/h1,6-11H2,2-5H3,(H-,14,16,17,18). The van der Waals surface area contributed by atoms with Gasteiger partial charge in [0.1, 0.15) is 0 Å². The summed E-state index contributed by atoms with van der Waals surface area (Å²) >= 11 is 0. The first-order chi connectivity index (χ1) is 9.53. The molecule has 0 saturated carbocycles. The molecule has 0 heterocycles. The van der Waals surface area contributed by atoms with Gasteiger partial charge < -0.3 is 14.7 Å². The van der Waals surface area contributed by atoms with E-state index in [0.29, 0.717) is 18.5 Å². The molecule has 0 spiro atoms. The predicted molar refractivity (Wildman–Crippen MR) is 79.0 cm³/mol. The van der Waals surface area contributed by atoms with Crippen LogP contribution in [0.3, 0.4) is 0 Å². The first kappa shape index (κ1) is 20.3. The first-order valence-electron chi connectivity index (χ1n) is 6.95. The highest BCUT2D eigenvalue weighted by atomic mass is 31.2. The van der Waals surface area contributed by atoms with Crippen molar-refractivity contribution in [2.24, 2.45) is 0 Å². The van der Waals surface area contributed by atoms with Gasteiger partial charge in [0.2, 0.25) is 5.91 Å². The molecule has 1 unspecified atom stereocenters. The SMILES string of the molecule is C=C(C)C(=O)NCCCCCCOP(=O)([O-])O[N+](C)(C)C. The van der Waals surface area contributed by atoms with Gasteiger partial charge in [-0.05, 0) is 19.8 Å². The molecule has 0 saturated heterocycles. The van der Waals surface area contributed by atoms with Crippen LogP contribution in [0.5, 0.6) is 0 Å². The fraction of sp³-hybridized carbons (Fsp3) is 0.769. The molecule has 1 N–H and O–H groups in total. The molecular formula is C13H27N2O5P. The largest absolute Gasteiger partial charge is 0.752 e. The van der Waals surface area contributed by atoms with E-state index in [1.165, 1.54) is 0 Å². The molecule has 0 rings (SSSR count). The molecule has 1 atom stereocenters. The molecule has 21 heavy (non-hydrogen) atoms. The maximum Gasteiger partial charge on any atom is 0.325 e. The smallest absolute Gasteiger partial charge is 0.325 e. The lowest BCUT2D eigenvalue weighted by atomic mass is 10.2. The average molecular weight is 322 g/mol. The summed E-state index contributed by atoms with van der Waals surface area (Å²) in [6.07, 6.45) is 3.18. The minimum atomic E-state index is -4.24. The van der Waals surface area contributed by atoms with Crippen LogP contribution in [-0.2, 0) is 18.5 Å². The molecule has 0 radical (unpaired) electrons. The number of amides is 1. The fourth-order valence-electron chi connectivity index (χ4n) is 1.43. The monoisotopic (exact) mass is 322 g/mol. The lowest BCUT2D eigenvalue weighted by Gasteiger charge is -2.29. The number of quaternary nitrogens is 1. The third-order valence-corrected chi connectivity index (χ3v) is 3.53. The number of phosphoric acid groups is 1. The lowest BCUT2D eigenvalue weighted by Crippen LogP contribution is -2.35. The van der Waals surface area contributed by atoms with Gasteiger partial charge in [0, 0.05) is 12.1 Å². The summed E-state index contributed by atoms with van der Waals surface area (Å²) in [5.74, 6) is -0.136. The molecule has 124 valence electrons. The van der Waals surface area contributed by atoms with E-state index in [1.807, 2.05) is 0 Å². The second kappa shape index (κ2) is 9.33. The highest BCUT2D eigenvalue weighted by Crippen LogP contribution is 2.40. The van der Waals surface area contributed by atoms with Crippen molar-refractivity contribution in [1.82, 2.24) is 5.32 Å². The van der Waals surface area contributed by atoms with Crippen LogP contribution in [0.25, 0.3) is 0 Å². The Morgan fingerprint density at radius 3 is 2.33 bits per heavy atom. The van der Waals surface area contributed by atoms with Crippen LogP contribution in [0.1, 0.15) is 32.6 Å². The zero-order valence-electron chi connectivity index (χ0n) is 13.4. The van der Waals surface area contributed by atoms with Gasteiger partial charge in [0.15, 0.2) is 0 Å². The number of carbonyl (C=O) groups is 1. The van der Waals surface area contributed by atoms with Gasteiger partial charge >= 0.3 is 7.82 Å². The summed E-state index contributed by atoms with van der Waals surface area (Å²) in [5, 5.41) is 2.74. The van der Waals surface area contributed by atoms with Crippen LogP contribution in [0.4, 0.5) is 0 Å². The Bertz CT molecular complexity index is 393. The molecule has 7 nitrogen and oxygen atoms in total. The van der Waals surface area contributed by atoms with Crippen molar-refractivity contribution in [2.45, 2.75) is 32.6 Å². The number of phosphoric ester groups is 1. The quantitative estimate of drug-likeness (QED) is 0.204. The maximum atomic E-state index is 11.4. The molecule has 0 aliphatic rings. The summed E-state index contributed by atoms with van der Waals surface area (Å²) in [4.78, 5) is 22.6. The number of hydrogen-bond donors (Lipinski definition) is 1. The van der Waals surface area contributed by atoms with Gasteiger partial charge in [-0.2, -0.15) is 4.65 Å². The van der Waals surface area contributed by atoms with E-state index in [1.54, 1.807) is 28.1 Å². The second-order valence-electron chi connectivity index (χ2n) is 5.70. The van der Waals surface area contributed by atoms with E-state index in [2.05, 4.69) is 11.9 Å². The molecule has 0 aliphatic carbocycles. The van der Waals surface area contributed by atoms with Crippen LogP contribution < -0.4 is 10.2 Å². The maximum absolute atomic E-state index is 11.4. The summed E-state index contributed by atoms with van der Waals surface area (Å²) in [6, 6.07) is 0. The Morgan fingerprint density at radius 1 is 1.24 bits per heavy atom. The lowest BCUT2D eigenvalue weighted by molar-refractivity contribution is -1.04. The van der Waals surface area contributed by atoms with Gasteiger partial charge in [-0.25, -0.2) is 0 Å². The molecule has 0 aromatic heterocycles. The number of rotatable bonds is 11. The predicted octanol–water partition coefficient (Wildman–Crippen LogP) is 1.36. The van der Waals surface area contributed by atoms with Gasteiger partial charge in [0.25, 0.3) is 0 Å². The van der Waals surface area contributed by atoms with E-state index < -0.39 is 7.82 Å². The Balaban J connectivity index is 3.58. The Hall–Kier alpha value is -0.720. The van der Waals surface area contributed by atoms with Crippen molar-refractivity contribution in [2.75, 3.05) is 34.3 Å². The molecule has 0 aromatic rings. The van der Waals surface area contributed by atoms with Crippen molar-refractivity contribution < 1.29 is 28.0 Å². The van der Waals surface area contributed by atoms with E-state index in [9.17, 15) is 14.3 Å². The number of unbranched alkanes of at least 4 members (excludes halogenated alkanes) is 3. The molecule has 0 aromatic carbocycles. The Labute approximate surface area is 127 Å². The Morgan fingerprint density at radius 2 is 1.81 bits per heavy atom. The van der Waals surface area contributed by atoms with Crippen molar-refractivity contribution >= 4 is 13.7 Å². The molecule has 0 aliphatic heterocycles. The highest BCUT2D eigenvalue weighted by molar-refractivity contribution is 7.45. The highest BCUT2D eigenvalue weighted by Gasteiger charge is 2.20. The number of hydroxylamine groups is 3. The van der Waals surface area contributed by atoms with Crippen molar-refractivity contribution in [1.29, 1.82) is 0 Å². The van der Waals surface area contributed by atoms with Gasteiger partial charge in [-0.1, -0.05) is 19.4 Å². The third kappa shape index (κ3) is 12.7. The molecule has 0 bridgehead atoms. The molecule has 1 amide bonds. The summed E-state index contributed by atoms with van der Waals surface area (Å²) < 4.78 is 20.8. The van der Waals surface area contributed by atoms with Crippen LogP contribution in [-0.4, -0.2) is 44.8 Å². The number of nitrogens with zero attached hydrogens (tertiary/aromatic N) is 1. The summed E-state index contributed by atoms with van der Waals surface area (Å²) in [6.45, 7) is 5.91. The van der Waals surface area contributed by atoms with Gasteiger partial charge in [-0.15, -0.1) is 4.62 Å². The van der Waals surface area contributed by atoms with Gasteiger partial charge in [0.05, 0.1) is 27.7 Å². The van der Waals surface area contributed by atoms with E-state index >= 15 is 0 Å². The Kier molecular flexibility index (Phi) is 9.01. The normalized spacial score (nSPS) is 14.5. The topological polar surface area (TPSA) is 87.7 Å². The fourth-order valence-corrected chi connectivity index (χ4v) is 2.43. The van der Waals surface area contributed by atoms with Crippen molar-refractivity contribution in [3.63, 3.8) is 0 Å². The number of hydrogen-bond acceptors (Lipinski definition) is 5. The minimum absolute atomic E-state index is 0.110. The summed E-state index contributed by atoms with van der Waals surface area (Å²) in [5.41, 5.74) is 0.492. The zero-order chi connectivity index (χ0) is 16.5. The minimum Gasteiger partial charge on any atom is -0.752 e. The van der Waals surface area contributed by atoms with Crippen LogP contribution >= 0.6 is 7.82 Å². The third-order valence-electron chi connectivity index (χ3n) is 2.34. The first-order valence-corrected chi connectivity index (χ1v) is 8.42. The van der Waals surface area contributed by atoms with Gasteiger partial charge in [-0.3, -0.25) is 9.36 Å². The van der Waals surface area contributed by atoms with E-state index in [-0.39, 0.29) is 17.2 Å². The van der Waals surface area contributed by atoms with E-state index in [0.717, 1.165) is 19.3 Å². The summed E-state index contributed by atoms with van der Waals surface area (Å²) in [7, 11) is 0.527.